The van der Waals surface area contributed by atoms with Crippen molar-refractivity contribution >= 4 is 23.5 Å². The summed E-state index contributed by atoms with van der Waals surface area (Å²) in [7, 11) is 1.72. The normalized spacial score (nSPS) is 21.6. The van der Waals surface area contributed by atoms with Gasteiger partial charge in [-0.25, -0.2) is 4.79 Å². The van der Waals surface area contributed by atoms with Gasteiger partial charge in [-0.1, -0.05) is 0 Å². The van der Waals surface area contributed by atoms with Crippen LogP contribution in [0.4, 0.5) is 4.79 Å². The standard InChI is InChI=1S/C6H6N4O2/c1-10-2-7-3-4(10)8-6(12)9-5(3)11/h2H2,1H3,(H,9,11,12). The molecule has 0 saturated carbocycles. The van der Waals surface area contributed by atoms with Crippen LogP contribution in [0, 0.1) is 0 Å². The fraction of sp³-hybridized carbons (Fsp3) is 0.333. The Kier molecular flexibility index (Phi) is 1.24. The SMILES string of the molecule is CN1CN=C2C(=O)NC(=O)N=C21. The van der Waals surface area contributed by atoms with Crippen LogP contribution in [0.25, 0.3) is 0 Å². The number of amidine groups is 1. The van der Waals surface area contributed by atoms with E-state index in [1.54, 1.807) is 11.9 Å². The van der Waals surface area contributed by atoms with Crippen molar-refractivity contribution < 1.29 is 9.59 Å². The van der Waals surface area contributed by atoms with Crippen molar-refractivity contribution in [2.75, 3.05) is 13.7 Å². The molecule has 3 amide bonds. The first kappa shape index (κ1) is 6.96. The highest BCUT2D eigenvalue weighted by molar-refractivity contribution is 6.69. The van der Waals surface area contributed by atoms with E-state index in [-0.39, 0.29) is 5.71 Å². The summed E-state index contributed by atoms with van der Waals surface area (Å²) in [5.74, 6) is -0.0990. The molecule has 2 aliphatic heterocycles. The van der Waals surface area contributed by atoms with Crippen molar-refractivity contribution in [3.63, 3.8) is 0 Å². The predicted molar refractivity (Wildman–Crippen MR) is 41.0 cm³/mol. The zero-order chi connectivity index (χ0) is 8.72. The van der Waals surface area contributed by atoms with E-state index in [1.165, 1.54) is 0 Å². The van der Waals surface area contributed by atoms with Gasteiger partial charge in [0, 0.05) is 7.05 Å². The molecule has 0 saturated heterocycles. The summed E-state index contributed by atoms with van der Waals surface area (Å²) in [4.78, 5) is 31.0. The summed E-state index contributed by atoms with van der Waals surface area (Å²) < 4.78 is 0. The number of carbonyl (C=O) groups excluding carboxylic acids is 2. The van der Waals surface area contributed by atoms with Crippen LogP contribution < -0.4 is 5.32 Å². The summed E-state index contributed by atoms with van der Waals surface area (Å²) in [6.45, 7) is 0.384. The lowest BCUT2D eigenvalue weighted by Crippen LogP contribution is -2.45. The molecule has 0 aromatic heterocycles. The molecular weight excluding hydrogens is 160 g/mol. The Morgan fingerprint density at radius 2 is 2.25 bits per heavy atom. The Labute approximate surface area is 68.0 Å². The van der Waals surface area contributed by atoms with E-state index >= 15 is 0 Å². The van der Waals surface area contributed by atoms with E-state index in [2.05, 4.69) is 9.98 Å². The average Bonchev–Trinajstić information content (AvgIpc) is 2.33. The van der Waals surface area contributed by atoms with E-state index in [4.69, 9.17) is 0 Å². The molecule has 6 nitrogen and oxygen atoms in total. The lowest BCUT2D eigenvalue weighted by molar-refractivity contribution is -0.113. The van der Waals surface area contributed by atoms with E-state index in [1.807, 2.05) is 5.32 Å². The quantitative estimate of drug-likeness (QED) is 0.500. The van der Waals surface area contributed by atoms with Gasteiger partial charge < -0.3 is 4.90 Å². The summed E-state index contributed by atoms with van der Waals surface area (Å²) in [6, 6.07) is -0.622. The van der Waals surface area contributed by atoms with Crippen molar-refractivity contribution in [2.24, 2.45) is 9.98 Å². The van der Waals surface area contributed by atoms with Crippen LogP contribution in [-0.4, -0.2) is 42.1 Å². The number of urea groups is 1. The van der Waals surface area contributed by atoms with Crippen LogP contribution in [0.1, 0.15) is 0 Å². The van der Waals surface area contributed by atoms with Crippen molar-refractivity contribution in [3.8, 4) is 0 Å². The molecule has 12 heavy (non-hydrogen) atoms. The largest absolute Gasteiger partial charge is 0.349 e. The highest BCUT2D eigenvalue weighted by Crippen LogP contribution is 2.05. The van der Waals surface area contributed by atoms with Gasteiger partial charge in [0.1, 0.15) is 6.67 Å². The third-order valence-electron chi connectivity index (χ3n) is 1.66. The number of hydrogen-bond donors (Lipinski definition) is 1. The van der Waals surface area contributed by atoms with Crippen LogP contribution in [0.2, 0.25) is 0 Å². The second-order valence-electron chi connectivity index (χ2n) is 2.54. The van der Waals surface area contributed by atoms with Crippen LogP contribution in [0.5, 0.6) is 0 Å². The molecule has 6 heteroatoms. The highest BCUT2D eigenvalue weighted by atomic mass is 16.2. The smallest absolute Gasteiger partial charge is 0.338 e. The van der Waals surface area contributed by atoms with Gasteiger partial charge in [-0.15, -0.1) is 0 Å². The molecule has 0 fully saturated rings. The Morgan fingerprint density at radius 1 is 1.50 bits per heavy atom. The van der Waals surface area contributed by atoms with Gasteiger partial charge in [0.15, 0.2) is 11.5 Å². The van der Waals surface area contributed by atoms with E-state index in [0.29, 0.717) is 12.5 Å². The number of amides is 3. The number of aliphatic imine (C=N–C) groups is 2. The third kappa shape index (κ3) is 0.810. The molecule has 2 rings (SSSR count). The first-order valence-corrected chi connectivity index (χ1v) is 3.38. The monoisotopic (exact) mass is 166 g/mol. The predicted octanol–water partition coefficient (Wildman–Crippen LogP) is -1.02. The number of imide groups is 1. The molecule has 1 N–H and O–H groups in total. The van der Waals surface area contributed by atoms with Crippen LogP contribution >= 0.6 is 0 Å². The van der Waals surface area contributed by atoms with Gasteiger partial charge in [-0.05, 0) is 0 Å². The minimum Gasteiger partial charge on any atom is -0.338 e. The van der Waals surface area contributed by atoms with Gasteiger partial charge in [0.25, 0.3) is 5.91 Å². The van der Waals surface area contributed by atoms with E-state index in [0.717, 1.165) is 0 Å². The summed E-state index contributed by atoms with van der Waals surface area (Å²) in [5.41, 5.74) is 0.247. The van der Waals surface area contributed by atoms with Crippen molar-refractivity contribution in [1.29, 1.82) is 0 Å². The van der Waals surface area contributed by atoms with E-state index in [9.17, 15) is 9.59 Å². The zero-order valence-electron chi connectivity index (χ0n) is 6.37. The first-order valence-electron chi connectivity index (χ1n) is 3.38. The molecule has 62 valence electrons. The van der Waals surface area contributed by atoms with Crippen LogP contribution in [-0.2, 0) is 4.79 Å². The molecule has 0 bridgehead atoms. The molecular formula is C6H6N4O2. The Morgan fingerprint density at radius 3 is 3.00 bits per heavy atom. The number of nitrogens with zero attached hydrogens (tertiary/aromatic N) is 3. The minimum absolute atomic E-state index is 0.247. The third-order valence-corrected chi connectivity index (χ3v) is 1.66. The number of fused-ring (bicyclic) bond motifs is 1. The number of carbonyl (C=O) groups is 2. The number of nitrogens with one attached hydrogen (secondary N) is 1. The van der Waals surface area contributed by atoms with Crippen LogP contribution in [0.15, 0.2) is 9.98 Å². The molecule has 0 aromatic carbocycles. The average molecular weight is 166 g/mol. The molecule has 2 heterocycles. The second-order valence-corrected chi connectivity index (χ2v) is 2.54. The van der Waals surface area contributed by atoms with Crippen molar-refractivity contribution in [2.45, 2.75) is 0 Å². The molecule has 2 aliphatic rings. The molecule has 0 atom stereocenters. The first-order chi connectivity index (χ1) is 5.68. The number of rotatable bonds is 0. The maximum atomic E-state index is 11.1. The zero-order valence-corrected chi connectivity index (χ0v) is 6.37. The Hall–Kier alpha value is -1.72. The van der Waals surface area contributed by atoms with Gasteiger partial charge in [-0.2, -0.15) is 4.99 Å². The molecule has 0 spiro atoms. The van der Waals surface area contributed by atoms with Crippen molar-refractivity contribution in [1.82, 2.24) is 10.2 Å². The summed E-state index contributed by atoms with van der Waals surface area (Å²) >= 11 is 0. The van der Waals surface area contributed by atoms with Gasteiger partial charge in [0.05, 0.1) is 0 Å². The lowest BCUT2D eigenvalue weighted by atomic mass is 10.3. The number of hydrogen-bond acceptors (Lipinski definition) is 4. The highest BCUT2D eigenvalue weighted by Gasteiger charge is 2.32. The second kappa shape index (κ2) is 2.13. The van der Waals surface area contributed by atoms with Crippen molar-refractivity contribution in [3.05, 3.63) is 0 Å². The fourth-order valence-corrected chi connectivity index (χ4v) is 1.09. The van der Waals surface area contributed by atoms with E-state index < -0.39 is 11.9 Å². The van der Waals surface area contributed by atoms with Gasteiger partial charge >= 0.3 is 6.03 Å². The molecule has 0 aliphatic carbocycles. The minimum atomic E-state index is -0.622. The molecule has 0 aromatic rings. The Bertz CT molecular complexity index is 330. The fourth-order valence-electron chi connectivity index (χ4n) is 1.09. The lowest BCUT2D eigenvalue weighted by Gasteiger charge is -2.14. The van der Waals surface area contributed by atoms with Gasteiger partial charge in [-0.3, -0.25) is 15.1 Å². The maximum absolute atomic E-state index is 11.1. The summed E-state index contributed by atoms with van der Waals surface area (Å²) in [5, 5.41) is 2.05. The maximum Gasteiger partial charge on any atom is 0.349 e. The summed E-state index contributed by atoms with van der Waals surface area (Å²) in [6.07, 6.45) is 0. The van der Waals surface area contributed by atoms with Crippen LogP contribution in [0.3, 0.4) is 0 Å². The topological polar surface area (TPSA) is 74.1 Å². The Balaban J connectivity index is 2.47. The molecule has 0 unspecified atom stereocenters. The molecule has 0 radical (unpaired) electrons. The van der Waals surface area contributed by atoms with Gasteiger partial charge in [0.2, 0.25) is 0 Å².